The second-order valence-electron chi connectivity index (χ2n) is 8.91. The smallest absolute Gasteiger partial charge is 0.321 e. The molecule has 2 N–H and O–H groups in total. The predicted molar refractivity (Wildman–Crippen MR) is 118 cm³/mol. The van der Waals surface area contributed by atoms with Gasteiger partial charge in [0.1, 0.15) is 5.82 Å². The van der Waals surface area contributed by atoms with Gasteiger partial charge in [-0.25, -0.2) is 18.2 Å². The van der Waals surface area contributed by atoms with Gasteiger partial charge in [-0.3, -0.25) is 14.9 Å². The first-order chi connectivity index (χ1) is 15.6. The monoisotopic (exact) mass is 483 g/mol. The van der Waals surface area contributed by atoms with Gasteiger partial charge in [0, 0.05) is 32.4 Å². The van der Waals surface area contributed by atoms with E-state index >= 15 is 0 Å². The van der Waals surface area contributed by atoms with E-state index in [-0.39, 0.29) is 37.0 Å². The molecule has 1 saturated carbocycles. The van der Waals surface area contributed by atoms with Crippen molar-refractivity contribution in [2.75, 3.05) is 19.7 Å². The van der Waals surface area contributed by atoms with Crippen molar-refractivity contribution in [3.63, 3.8) is 0 Å². The fourth-order valence-electron chi connectivity index (χ4n) is 4.27. The van der Waals surface area contributed by atoms with E-state index in [0.29, 0.717) is 11.7 Å². The van der Waals surface area contributed by atoms with Gasteiger partial charge in [0.25, 0.3) is 15.9 Å². The van der Waals surface area contributed by atoms with Crippen LogP contribution >= 0.6 is 0 Å². The summed E-state index contributed by atoms with van der Waals surface area (Å²) in [6, 6.07) is -0.552. The number of rotatable bonds is 6. The summed E-state index contributed by atoms with van der Waals surface area (Å²) in [5.41, 5.74) is 0. The summed E-state index contributed by atoms with van der Waals surface area (Å²) >= 11 is 0. The Kier molecular flexibility index (Phi) is 8.11. The number of hydrogen-bond acceptors (Lipinski definition) is 7. The Labute approximate surface area is 194 Å². The second kappa shape index (κ2) is 10.6. The SMILES string of the molecule is Cc1nc(S(=O)(=O)N2CCC(C(=O)OCC(=O)NC(=O)NC3CCCCC3C)CC2)cn1C. The number of ether oxygens (including phenoxy) is 1. The summed E-state index contributed by atoms with van der Waals surface area (Å²) in [6.45, 7) is 3.55. The maximum atomic E-state index is 12.8. The number of amides is 3. The minimum absolute atomic E-state index is 0.0129. The third-order valence-electron chi connectivity index (χ3n) is 6.50. The van der Waals surface area contributed by atoms with Crippen LogP contribution in [-0.4, -0.2) is 65.9 Å². The van der Waals surface area contributed by atoms with Gasteiger partial charge in [-0.1, -0.05) is 19.8 Å². The van der Waals surface area contributed by atoms with E-state index in [2.05, 4.69) is 22.5 Å². The molecule has 3 amide bonds. The summed E-state index contributed by atoms with van der Waals surface area (Å²) in [7, 11) is -2.01. The predicted octanol–water partition coefficient (Wildman–Crippen LogP) is 1.08. The zero-order valence-corrected chi connectivity index (χ0v) is 20.2. The van der Waals surface area contributed by atoms with E-state index in [0.717, 1.165) is 25.7 Å². The average Bonchev–Trinajstić information content (AvgIpc) is 3.13. The van der Waals surface area contributed by atoms with Crippen molar-refractivity contribution < 1.29 is 27.5 Å². The Bertz CT molecular complexity index is 964. The molecule has 12 heteroatoms. The Morgan fingerprint density at radius 1 is 1.15 bits per heavy atom. The van der Waals surface area contributed by atoms with Crippen LogP contribution in [0.5, 0.6) is 0 Å². The summed E-state index contributed by atoms with van der Waals surface area (Å²) in [5, 5.41) is 4.99. The zero-order chi connectivity index (χ0) is 24.2. The van der Waals surface area contributed by atoms with E-state index in [1.165, 1.54) is 10.5 Å². The van der Waals surface area contributed by atoms with Gasteiger partial charge in [0.2, 0.25) is 0 Å². The lowest BCUT2D eigenvalue weighted by Crippen LogP contribution is -2.48. The minimum atomic E-state index is -3.73. The van der Waals surface area contributed by atoms with Gasteiger partial charge in [0.15, 0.2) is 11.6 Å². The van der Waals surface area contributed by atoms with Crippen LogP contribution in [0.2, 0.25) is 0 Å². The number of aromatic nitrogens is 2. The number of carbonyl (C=O) groups excluding carboxylic acids is 3. The highest BCUT2D eigenvalue weighted by Crippen LogP contribution is 2.25. The molecule has 3 rings (SSSR count). The van der Waals surface area contributed by atoms with Crippen molar-refractivity contribution in [1.29, 1.82) is 0 Å². The van der Waals surface area contributed by atoms with Crippen LogP contribution in [0.3, 0.4) is 0 Å². The summed E-state index contributed by atoms with van der Waals surface area (Å²) in [4.78, 5) is 40.4. The standard InChI is InChI=1S/C21H33N5O6S/c1-14-6-4-5-7-17(14)23-21(29)24-18(27)13-32-20(28)16-8-10-26(11-9-16)33(30,31)19-12-25(3)15(2)22-19/h12,14,16-17H,4-11,13H2,1-3H3,(H2,23,24,27,29). The van der Waals surface area contributed by atoms with E-state index in [4.69, 9.17) is 4.74 Å². The number of hydrogen-bond donors (Lipinski definition) is 2. The third kappa shape index (κ3) is 6.32. The number of nitrogens with one attached hydrogen (secondary N) is 2. The number of sulfonamides is 1. The number of nitrogens with zero attached hydrogens (tertiary/aromatic N) is 3. The first-order valence-corrected chi connectivity index (χ1v) is 12.8. The van der Waals surface area contributed by atoms with Gasteiger partial charge in [-0.2, -0.15) is 4.31 Å². The summed E-state index contributed by atoms with van der Waals surface area (Å²) in [6.07, 6.45) is 6.14. The van der Waals surface area contributed by atoms with E-state index in [9.17, 15) is 22.8 Å². The summed E-state index contributed by atoms with van der Waals surface area (Å²) < 4.78 is 33.5. The lowest BCUT2D eigenvalue weighted by molar-refractivity contribution is -0.153. The number of urea groups is 1. The number of imide groups is 1. The molecule has 2 unspecified atom stereocenters. The topological polar surface area (TPSA) is 140 Å². The van der Waals surface area contributed by atoms with Crippen molar-refractivity contribution in [3.05, 3.63) is 12.0 Å². The molecule has 0 spiro atoms. The van der Waals surface area contributed by atoms with Crippen molar-refractivity contribution in [1.82, 2.24) is 24.5 Å². The van der Waals surface area contributed by atoms with E-state index in [1.54, 1.807) is 18.5 Å². The molecule has 1 aliphatic heterocycles. The molecule has 11 nitrogen and oxygen atoms in total. The van der Waals surface area contributed by atoms with Crippen LogP contribution in [-0.2, 0) is 31.4 Å². The van der Waals surface area contributed by atoms with Gasteiger partial charge >= 0.3 is 12.0 Å². The first-order valence-electron chi connectivity index (χ1n) is 11.3. The highest BCUT2D eigenvalue weighted by molar-refractivity contribution is 7.89. The van der Waals surface area contributed by atoms with E-state index < -0.39 is 40.5 Å². The molecular weight excluding hydrogens is 450 g/mol. The first kappa shape index (κ1) is 25.2. The van der Waals surface area contributed by atoms with Crippen LogP contribution in [0.15, 0.2) is 11.2 Å². The van der Waals surface area contributed by atoms with Crippen LogP contribution < -0.4 is 10.6 Å². The lowest BCUT2D eigenvalue weighted by atomic mass is 9.86. The molecule has 0 bridgehead atoms. The molecule has 1 aromatic rings. The van der Waals surface area contributed by atoms with Gasteiger partial charge in [-0.05, 0) is 38.5 Å². The molecule has 2 fully saturated rings. The maximum absolute atomic E-state index is 12.8. The Balaban J connectivity index is 1.41. The van der Waals surface area contributed by atoms with Crippen molar-refractivity contribution in [3.8, 4) is 0 Å². The Hall–Kier alpha value is -2.47. The van der Waals surface area contributed by atoms with Crippen LogP contribution in [0.1, 0.15) is 51.3 Å². The highest BCUT2D eigenvalue weighted by Gasteiger charge is 2.34. The highest BCUT2D eigenvalue weighted by atomic mass is 32.2. The van der Waals surface area contributed by atoms with Gasteiger partial charge in [0.05, 0.1) is 5.92 Å². The van der Waals surface area contributed by atoms with Crippen LogP contribution in [0, 0.1) is 18.8 Å². The molecule has 0 radical (unpaired) electrons. The molecule has 2 aliphatic rings. The van der Waals surface area contributed by atoms with Crippen molar-refractivity contribution in [2.24, 2.45) is 18.9 Å². The molecule has 1 aromatic heterocycles. The zero-order valence-electron chi connectivity index (χ0n) is 19.4. The fraction of sp³-hybridized carbons (Fsp3) is 0.714. The minimum Gasteiger partial charge on any atom is -0.455 e. The molecule has 2 heterocycles. The number of piperidine rings is 1. The van der Waals surface area contributed by atoms with E-state index in [1.807, 2.05) is 0 Å². The fourth-order valence-corrected chi connectivity index (χ4v) is 5.76. The molecule has 2 atom stereocenters. The molecule has 33 heavy (non-hydrogen) atoms. The van der Waals surface area contributed by atoms with Crippen LogP contribution in [0.4, 0.5) is 4.79 Å². The van der Waals surface area contributed by atoms with Gasteiger partial charge in [-0.15, -0.1) is 0 Å². The van der Waals surface area contributed by atoms with Gasteiger partial charge < -0.3 is 14.6 Å². The summed E-state index contributed by atoms with van der Waals surface area (Å²) in [5.74, 6) is -0.834. The lowest BCUT2D eigenvalue weighted by Gasteiger charge is -2.29. The number of esters is 1. The Morgan fingerprint density at radius 3 is 2.42 bits per heavy atom. The number of carbonyl (C=O) groups is 3. The van der Waals surface area contributed by atoms with Crippen molar-refractivity contribution >= 4 is 27.9 Å². The Morgan fingerprint density at radius 2 is 1.82 bits per heavy atom. The maximum Gasteiger partial charge on any atom is 0.321 e. The molecule has 1 saturated heterocycles. The van der Waals surface area contributed by atoms with Crippen molar-refractivity contribution in [2.45, 2.75) is 63.4 Å². The molecular formula is C21H33N5O6S. The molecule has 0 aromatic carbocycles. The quantitative estimate of drug-likeness (QED) is 0.577. The second-order valence-corrected chi connectivity index (χ2v) is 10.8. The largest absolute Gasteiger partial charge is 0.455 e. The number of imidazole rings is 1. The average molecular weight is 484 g/mol. The third-order valence-corrected chi connectivity index (χ3v) is 8.27. The normalized spacial score (nSPS) is 22.5. The number of aryl methyl sites for hydroxylation is 2. The molecule has 1 aliphatic carbocycles. The van der Waals surface area contributed by atoms with Crippen LogP contribution in [0.25, 0.3) is 0 Å². The molecule has 184 valence electrons.